The maximum absolute atomic E-state index is 12.5. The molecule has 7 nitrogen and oxygen atoms in total. The molecule has 2 aromatic carbocycles. The highest BCUT2D eigenvalue weighted by Gasteiger charge is 2.24. The van der Waals surface area contributed by atoms with E-state index in [0.717, 1.165) is 31.5 Å². The number of ether oxygens (including phenoxy) is 2. The lowest BCUT2D eigenvalue weighted by Crippen LogP contribution is -2.41. The molecule has 2 aromatic rings. The molecule has 0 aliphatic carbocycles. The second kappa shape index (κ2) is 11.6. The van der Waals surface area contributed by atoms with Crippen LogP contribution in [0.15, 0.2) is 42.5 Å². The van der Waals surface area contributed by atoms with Gasteiger partial charge >= 0.3 is 6.61 Å². The van der Waals surface area contributed by atoms with Crippen LogP contribution < -0.4 is 20.1 Å². The first-order valence-corrected chi connectivity index (χ1v) is 10.9. The van der Waals surface area contributed by atoms with Gasteiger partial charge in [-0.2, -0.15) is 8.78 Å². The molecule has 1 aliphatic heterocycles. The number of nitrogens with zero attached hydrogens (tertiary/aromatic N) is 1. The van der Waals surface area contributed by atoms with E-state index in [-0.39, 0.29) is 35.6 Å². The van der Waals surface area contributed by atoms with Gasteiger partial charge in [0.1, 0.15) is 0 Å². The van der Waals surface area contributed by atoms with Gasteiger partial charge < -0.3 is 20.1 Å². The summed E-state index contributed by atoms with van der Waals surface area (Å²) in [7, 11) is 1.29. The van der Waals surface area contributed by atoms with Crippen LogP contribution in [0.5, 0.6) is 11.5 Å². The van der Waals surface area contributed by atoms with E-state index in [9.17, 15) is 18.4 Å². The molecule has 1 atom stereocenters. The average Bonchev–Trinajstić information content (AvgIpc) is 3.33. The third-order valence-corrected chi connectivity index (χ3v) is 5.59. The molecule has 0 spiro atoms. The van der Waals surface area contributed by atoms with Gasteiger partial charge in [-0.3, -0.25) is 14.5 Å². The highest BCUT2D eigenvalue weighted by atomic mass is 19.3. The Balaban J connectivity index is 1.55. The lowest BCUT2D eigenvalue weighted by Gasteiger charge is -2.28. The molecule has 178 valence electrons. The molecule has 1 saturated heterocycles. The zero-order chi connectivity index (χ0) is 23.8. The minimum absolute atomic E-state index is 0.000968. The van der Waals surface area contributed by atoms with Crippen LogP contribution in [0.4, 0.5) is 8.78 Å². The molecule has 33 heavy (non-hydrogen) atoms. The Morgan fingerprint density at radius 3 is 2.36 bits per heavy atom. The Morgan fingerprint density at radius 2 is 1.73 bits per heavy atom. The molecule has 1 heterocycles. The van der Waals surface area contributed by atoms with Crippen molar-refractivity contribution >= 4 is 11.8 Å². The van der Waals surface area contributed by atoms with Crippen LogP contribution >= 0.6 is 0 Å². The van der Waals surface area contributed by atoms with Gasteiger partial charge in [-0.25, -0.2) is 0 Å². The van der Waals surface area contributed by atoms with E-state index in [1.54, 1.807) is 0 Å². The van der Waals surface area contributed by atoms with E-state index in [2.05, 4.69) is 44.5 Å². The molecular weight excluding hydrogens is 432 g/mol. The summed E-state index contributed by atoms with van der Waals surface area (Å²) in [6.45, 7) is 1.22. The third-order valence-electron chi connectivity index (χ3n) is 5.59. The average molecular weight is 462 g/mol. The summed E-state index contributed by atoms with van der Waals surface area (Å²) in [5, 5.41) is 5.45. The van der Waals surface area contributed by atoms with Gasteiger partial charge in [0.2, 0.25) is 5.91 Å². The van der Waals surface area contributed by atoms with Crippen LogP contribution in [-0.2, 0) is 4.79 Å². The van der Waals surface area contributed by atoms with Crippen molar-refractivity contribution in [1.82, 2.24) is 15.5 Å². The van der Waals surface area contributed by atoms with Crippen molar-refractivity contribution in [3.05, 3.63) is 59.2 Å². The molecule has 1 unspecified atom stereocenters. The molecule has 9 heteroatoms. The summed E-state index contributed by atoms with van der Waals surface area (Å²) in [6, 6.07) is 12.2. The zero-order valence-corrected chi connectivity index (χ0v) is 18.8. The second-order valence-corrected chi connectivity index (χ2v) is 7.90. The van der Waals surface area contributed by atoms with E-state index in [0.29, 0.717) is 6.54 Å². The van der Waals surface area contributed by atoms with Gasteiger partial charge in [0.05, 0.1) is 19.7 Å². The molecule has 2 N–H and O–H groups in total. The van der Waals surface area contributed by atoms with Crippen molar-refractivity contribution in [3.8, 4) is 11.5 Å². The van der Waals surface area contributed by atoms with Crippen molar-refractivity contribution in [2.45, 2.75) is 32.4 Å². The molecule has 2 amide bonds. The highest BCUT2D eigenvalue weighted by molar-refractivity contribution is 5.97. The predicted octanol–water partition coefficient (Wildman–Crippen LogP) is 3.29. The van der Waals surface area contributed by atoms with Gasteiger partial charge in [0, 0.05) is 12.1 Å². The number of hydrogen-bond donors (Lipinski definition) is 2. The lowest BCUT2D eigenvalue weighted by atomic mass is 10.0. The van der Waals surface area contributed by atoms with Gasteiger partial charge in [0.15, 0.2) is 11.5 Å². The number of rotatable bonds is 10. The summed E-state index contributed by atoms with van der Waals surface area (Å²) in [5.41, 5.74) is 2.48. The van der Waals surface area contributed by atoms with Crippen LogP contribution in [0, 0.1) is 6.92 Å². The minimum Gasteiger partial charge on any atom is -0.493 e. The Morgan fingerprint density at radius 1 is 1.03 bits per heavy atom. The number of nitrogens with one attached hydrogen (secondary N) is 2. The van der Waals surface area contributed by atoms with Crippen molar-refractivity contribution < 1.29 is 27.8 Å². The fraction of sp³-hybridized carbons (Fsp3) is 0.417. The summed E-state index contributed by atoms with van der Waals surface area (Å²) >= 11 is 0. The molecule has 3 rings (SSSR count). The molecule has 1 aliphatic rings. The predicted molar refractivity (Wildman–Crippen MR) is 120 cm³/mol. The van der Waals surface area contributed by atoms with Crippen molar-refractivity contribution in [3.63, 3.8) is 0 Å². The van der Waals surface area contributed by atoms with Crippen molar-refractivity contribution in [1.29, 1.82) is 0 Å². The summed E-state index contributed by atoms with van der Waals surface area (Å²) in [4.78, 5) is 27.2. The van der Waals surface area contributed by atoms with Gasteiger partial charge in [-0.1, -0.05) is 29.8 Å². The van der Waals surface area contributed by atoms with Crippen LogP contribution in [-0.4, -0.2) is 56.6 Å². The number of hydrogen-bond acceptors (Lipinski definition) is 5. The lowest BCUT2D eigenvalue weighted by molar-refractivity contribution is -0.120. The van der Waals surface area contributed by atoms with Crippen LogP contribution in [0.2, 0.25) is 0 Å². The fourth-order valence-electron chi connectivity index (χ4n) is 3.84. The first-order chi connectivity index (χ1) is 15.9. The normalized spacial score (nSPS) is 14.7. The maximum Gasteiger partial charge on any atom is 0.387 e. The van der Waals surface area contributed by atoms with E-state index in [4.69, 9.17) is 4.74 Å². The Kier molecular flexibility index (Phi) is 8.59. The van der Waals surface area contributed by atoms with Crippen molar-refractivity contribution in [2.75, 3.05) is 33.3 Å². The number of amides is 2. The summed E-state index contributed by atoms with van der Waals surface area (Å²) in [6.07, 6.45) is 2.27. The first-order valence-electron chi connectivity index (χ1n) is 10.9. The highest BCUT2D eigenvalue weighted by Crippen LogP contribution is 2.29. The molecule has 0 saturated carbocycles. The van der Waals surface area contributed by atoms with Gasteiger partial charge in [-0.05, 0) is 56.6 Å². The van der Waals surface area contributed by atoms with Gasteiger partial charge in [-0.15, -0.1) is 0 Å². The van der Waals surface area contributed by atoms with Gasteiger partial charge in [0.25, 0.3) is 5.91 Å². The number of carbonyl (C=O) groups is 2. The number of benzene rings is 2. The third kappa shape index (κ3) is 6.89. The topological polar surface area (TPSA) is 79.9 Å². The van der Waals surface area contributed by atoms with E-state index in [1.807, 2.05) is 6.92 Å². The minimum atomic E-state index is -3.01. The van der Waals surface area contributed by atoms with E-state index in [1.165, 1.54) is 30.9 Å². The fourth-order valence-corrected chi connectivity index (χ4v) is 3.84. The van der Waals surface area contributed by atoms with Crippen molar-refractivity contribution in [2.24, 2.45) is 0 Å². The number of likely N-dealkylation sites (tertiary alicyclic amines) is 1. The second-order valence-electron chi connectivity index (χ2n) is 7.90. The monoisotopic (exact) mass is 461 g/mol. The van der Waals surface area contributed by atoms with Crippen LogP contribution in [0.1, 0.15) is 40.4 Å². The van der Waals surface area contributed by atoms with E-state index >= 15 is 0 Å². The number of carbonyl (C=O) groups excluding carboxylic acids is 2. The SMILES string of the molecule is COc1cc(C(=O)NCC(=O)NCC(c2ccc(C)cc2)N2CCCC2)ccc1OC(F)F. The summed E-state index contributed by atoms with van der Waals surface area (Å²) in [5.74, 6) is -1.02. The number of aryl methyl sites for hydroxylation is 1. The Hall–Kier alpha value is -3.20. The zero-order valence-electron chi connectivity index (χ0n) is 18.8. The largest absolute Gasteiger partial charge is 0.493 e. The summed E-state index contributed by atoms with van der Waals surface area (Å²) < 4.78 is 34.3. The quantitative estimate of drug-likeness (QED) is 0.568. The van der Waals surface area contributed by atoms with Crippen LogP contribution in [0.25, 0.3) is 0 Å². The standard InChI is InChI=1S/C24H29F2N3O4/c1-16-5-7-17(8-6-16)19(29-11-3-4-12-29)14-27-22(30)15-28-23(31)18-9-10-20(33-24(25)26)21(13-18)32-2/h5-10,13,19,24H,3-4,11-12,14-15H2,1-2H3,(H,27,30)(H,28,31). The first kappa shape index (κ1) is 24.4. The molecule has 0 bridgehead atoms. The Labute approximate surface area is 192 Å². The molecule has 0 aromatic heterocycles. The number of methoxy groups -OCH3 is 1. The molecule has 1 fully saturated rings. The van der Waals surface area contributed by atoms with Crippen LogP contribution in [0.3, 0.4) is 0 Å². The molecule has 0 radical (unpaired) electrons. The number of halogens is 2. The van der Waals surface area contributed by atoms with E-state index < -0.39 is 12.5 Å². The number of alkyl halides is 2. The maximum atomic E-state index is 12.5. The smallest absolute Gasteiger partial charge is 0.387 e. The Bertz CT molecular complexity index is 947. The molecular formula is C24H29F2N3O4.